The Morgan fingerprint density at radius 3 is 2.76 bits per heavy atom. The van der Waals surface area contributed by atoms with Crippen LogP contribution in [0.4, 0.5) is 0 Å². The van der Waals surface area contributed by atoms with Crippen LogP contribution in [0.25, 0.3) is 0 Å². The molecule has 0 aliphatic heterocycles. The Bertz CT molecular complexity index is 543. The number of carbonyl (C=O) groups excluding carboxylic acids is 2. The van der Waals surface area contributed by atoms with E-state index < -0.39 is 0 Å². The zero-order valence-corrected chi connectivity index (χ0v) is 12.1. The van der Waals surface area contributed by atoms with Crippen LogP contribution in [0, 0.1) is 11.8 Å². The maximum atomic E-state index is 12.1. The summed E-state index contributed by atoms with van der Waals surface area (Å²) >= 11 is 0. The van der Waals surface area contributed by atoms with Crippen molar-refractivity contribution in [2.75, 3.05) is 27.3 Å². The fourth-order valence-electron chi connectivity index (χ4n) is 1.60. The highest BCUT2D eigenvalue weighted by Crippen LogP contribution is 2.04. The van der Waals surface area contributed by atoms with Crippen LogP contribution in [0.2, 0.25) is 0 Å². The summed E-state index contributed by atoms with van der Waals surface area (Å²) in [6.07, 6.45) is 2.30. The van der Waals surface area contributed by atoms with Gasteiger partial charge in [-0.2, -0.15) is 0 Å². The molecule has 0 fully saturated rings. The lowest BCUT2D eigenvalue weighted by molar-refractivity contribution is -0.140. The van der Waals surface area contributed by atoms with E-state index in [4.69, 9.17) is 5.11 Å². The third kappa shape index (κ3) is 5.63. The Kier molecular flexibility index (Phi) is 6.92. The molecule has 0 unspecified atom stereocenters. The first-order chi connectivity index (χ1) is 10.1. The van der Waals surface area contributed by atoms with Crippen molar-refractivity contribution < 1.29 is 19.4 Å². The second kappa shape index (κ2) is 8.72. The molecule has 0 aliphatic rings. The molecule has 1 rings (SSSR count). The van der Waals surface area contributed by atoms with E-state index in [1.807, 2.05) is 0 Å². The van der Waals surface area contributed by atoms with Crippen LogP contribution in [-0.2, 0) is 9.53 Å². The molecule has 0 spiro atoms. The summed E-state index contributed by atoms with van der Waals surface area (Å²) in [6, 6.07) is 3.26. The van der Waals surface area contributed by atoms with E-state index in [-0.39, 0.29) is 24.9 Å². The van der Waals surface area contributed by atoms with E-state index in [9.17, 15) is 9.59 Å². The van der Waals surface area contributed by atoms with Crippen molar-refractivity contribution in [2.24, 2.45) is 0 Å². The lowest BCUT2D eigenvalue weighted by Gasteiger charge is -2.16. The van der Waals surface area contributed by atoms with Gasteiger partial charge in [-0.15, -0.1) is 0 Å². The Labute approximate surface area is 123 Å². The van der Waals surface area contributed by atoms with Crippen LogP contribution < -0.4 is 0 Å². The van der Waals surface area contributed by atoms with Gasteiger partial charge in [0.15, 0.2) is 0 Å². The highest BCUT2D eigenvalue weighted by Gasteiger charge is 2.13. The predicted molar refractivity (Wildman–Crippen MR) is 76.4 cm³/mol. The molecule has 6 heteroatoms. The minimum atomic E-state index is -0.291. The highest BCUT2D eigenvalue weighted by molar-refractivity contribution is 5.92. The average molecular weight is 290 g/mol. The van der Waals surface area contributed by atoms with Crippen molar-refractivity contribution in [3.8, 4) is 11.8 Å². The van der Waals surface area contributed by atoms with Crippen molar-refractivity contribution >= 4 is 11.9 Å². The van der Waals surface area contributed by atoms with Crippen LogP contribution >= 0.6 is 0 Å². The van der Waals surface area contributed by atoms with Gasteiger partial charge in [-0.3, -0.25) is 9.59 Å². The second-order valence-electron chi connectivity index (χ2n) is 4.30. The van der Waals surface area contributed by atoms with E-state index in [1.54, 1.807) is 19.2 Å². The Morgan fingerprint density at radius 2 is 2.19 bits per heavy atom. The summed E-state index contributed by atoms with van der Waals surface area (Å²) in [4.78, 5) is 28.6. The quantitative estimate of drug-likeness (QED) is 0.629. The normalized spacial score (nSPS) is 9.48. The van der Waals surface area contributed by atoms with Crippen LogP contribution in [0.1, 0.15) is 28.9 Å². The molecule has 1 aromatic rings. The van der Waals surface area contributed by atoms with Gasteiger partial charge in [0.05, 0.1) is 7.11 Å². The Morgan fingerprint density at radius 1 is 1.43 bits per heavy atom. The third-order valence-corrected chi connectivity index (χ3v) is 2.74. The molecule has 1 aromatic heterocycles. The van der Waals surface area contributed by atoms with E-state index in [2.05, 4.69) is 21.6 Å². The summed E-state index contributed by atoms with van der Waals surface area (Å²) in [5.74, 6) is 4.70. The number of aromatic nitrogens is 1. The zero-order valence-electron chi connectivity index (χ0n) is 12.1. The summed E-state index contributed by atoms with van der Waals surface area (Å²) < 4.78 is 4.54. The summed E-state index contributed by atoms with van der Waals surface area (Å²) in [7, 11) is 2.99. The van der Waals surface area contributed by atoms with Crippen molar-refractivity contribution in [2.45, 2.75) is 12.8 Å². The van der Waals surface area contributed by atoms with Crippen LogP contribution in [-0.4, -0.2) is 54.2 Å². The number of carbonyl (C=O) groups is 2. The first kappa shape index (κ1) is 16.7. The fraction of sp³-hybridized carbons (Fsp3) is 0.400. The number of pyridine rings is 1. The molecule has 0 radical (unpaired) electrons. The number of hydrogen-bond donors (Lipinski definition) is 1. The van der Waals surface area contributed by atoms with Gasteiger partial charge in [0.25, 0.3) is 5.91 Å². The van der Waals surface area contributed by atoms with E-state index in [0.29, 0.717) is 24.2 Å². The SMILES string of the molecule is COC(=O)CCCN(C)C(=O)c1ccc(C#CCO)cn1. The molecule has 6 nitrogen and oxygen atoms in total. The van der Waals surface area contributed by atoms with Gasteiger partial charge >= 0.3 is 5.97 Å². The molecule has 1 N–H and O–H groups in total. The number of hydrogen-bond acceptors (Lipinski definition) is 5. The molecule has 0 saturated heterocycles. The van der Waals surface area contributed by atoms with E-state index >= 15 is 0 Å². The number of aliphatic hydroxyl groups is 1. The molecular weight excluding hydrogens is 272 g/mol. The first-order valence-corrected chi connectivity index (χ1v) is 6.46. The number of aliphatic hydroxyl groups excluding tert-OH is 1. The standard InChI is InChI=1S/C15H18N2O4/c1-17(9-3-6-14(19)21-2)15(20)13-8-7-12(11-16-13)5-4-10-18/h7-8,11,18H,3,6,9-10H2,1-2H3. The van der Waals surface area contributed by atoms with E-state index in [0.717, 1.165) is 0 Å². The van der Waals surface area contributed by atoms with Crippen LogP contribution in [0.5, 0.6) is 0 Å². The summed E-state index contributed by atoms with van der Waals surface area (Å²) in [5, 5.41) is 8.59. The van der Waals surface area contributed by atoms with Crippen molar-refractivity contribution in [3.63, 3.8) is 0 Å². The smallest absolute Gasteiger partial charge is 0.305 e. The summed E-state index contributed by atoms with van der Waals surface area (Å²) in [5.41, 5.74) is 0.944. The number of ether oxygens (including phenoxy) is 1. The molecule has 1 heterocycles. The molecule has 21 heavy (non-hydrogen) atoms. The Hall–Kier alpha value is -2.39. The number of methoxy groups -OCH3 is 1. The van der Waals surface area contributed by atoms with Gasteiger partial charge < -0.3 is 14.7 Å². The summed E-state index contributed by atoms with van der Waals surface area (Å²) in [6.45, 7) is 0.227. The predicted octanol–water partition coefficient (Wildman–Crippen LogP) is 0.451. The monoisotopic (exact) mass is 290 g/mol. The molecule has 0 aliphatic carbocycles. The maximum Gasteiger partial charge on any atom is 0.305 e. The number of nitrogens with zero attached hydrogens (tertiary/aromatic N) is 2. The van der Waals surface area contributed by atoms with Crippen LogP contribution in [0.3, 0.4) is 0 Å². The van der Waals surface area contributed by atoms with Crippen molar-refractivity contribution in [1.29, 1.82) is 0 Å². The number of amides is 1. The number of esters is 1. The minimum Gasteiger partial charge on any atom is -0.469 e. The molecule has 112 valence electrons. The van der Waals surface area contributed by atoms with E-state index in [1.165, 1.54) is 18.2 Å². The highest BCUT2D eigenvalue weighted by atomic mass is 16.5. The van der Waals surface area contributed by atoms with Gasteiger partial charge in [-0.25, -0.2) is 4.98 Å². The third-order valence-electron chi connectivity index (χ3n) is 2.74. The van der Waals surface area contributed by atoms with Gasteiger partial charge in [-0.05, 0) is 18.6 Å². The molecule has 0 saturated carbocycles. The largest absolute Gasteiger partial charge is 0.469 e. The van der Waals surface area contributed by atoms with Crippen molar-refractivity contribution in [3.05, 3.63) is 29.6 Å². The zero-order chi connectivity index (χ0) is 15.7. The second-order valence-corrected chi connectivity index (χ2v) is 4.30. The lowest BCUT2D eigenvalue weighted by Crippen LogP contribution is -2.28. The van der Waals surface area contributed by atoms with Gasteiger partial charge in [0.2, 0.25) is 0 Å². The molecule has 1 amide bonds. The maximum absolute atomic E-state index is 12.1. The van der Waals surface area contributed by atoms with Crippen molar-refractivity contribution in [1.82, 2.24) is 9.88 Å². The molecular formula is C15H18N2O4. The minimum absolute atomic E-state index is 0.219. The molecule has 0 aromatic carbocycles. The number of rotatable bonds is 5. The lowest BCUT2D eigenvalue weighted by atomic mass is 10.2. The first-order valence-electron chi connectivity index (χ1n) is 6.46. The van der Waals surface area contributed by atoms with Gasteiger partial charge in [-0.1, -0.05) is 11.8 Å². The van der Waals surface area contributed by atoms with Gasteiger partial charge in [0.1, 0.15) is 12.3 Å². The molecule has 0 bridgehead atoms. The topological polar surface area (TPSA) is 79.7 Å². The fourth-order valence-corrected chi connectivity index (χ4v) is 1.60. The molecule has 0 atom stereocenters. The average Bonchev–Trinajstić information content (AvgIpc) is 2.52. The van der Waals surface area contributed by atoms with Gasteiger partial charge in [0, 0.05) is 31.8 Å². The Balaban J connectivity index is 2.55. The van der Waals surface area contributed by atoms with Crippen LogP contribution in [0.15, 0.2) is 18.3 Å².